The van der Waals surface area contributed by atoms with E-state index in [0.29, 0.717) is 18.5 Å². The minimum atomic E-state index is -0.820. The summed E-state index contributed by atoms with van der Waals surface area (Å²) >= 11 is 0. The molecule has 114 valence electrons. The lowest BCUT2D eigenvalue weighted by molar-refractivity contribution is -0.136. The molecular weight excluding hydrogens is 258 g/mol. The quantitative estimate of drug-likeness (QED) is 0.688. The first-order valence-electron chi connectivity index (χ1n) is 7.47. The molecule has 6 heteroatoms. The summed E-state index contributed by atoms with van der Waals surface area (Å²) in [6.07, 6.45) is 4.48. The summed E-state index contributed by atoms with van der Waals surface area (Å²) in [4.78, 5) is 26.7. The van der Waals surface area contributed by atoms with E-state index < -0.39 is 5.97 Å². The second-order valence-corrected chi connectivity index (χ2v) is 6.00. The third kappa shape index (κ3) is 4.76. The highest BCUT2D eigenvalue weighted by Crippen LogP contribution is 2.25. The van der Waals surface area contributed by atoms with Crippen molar-refractivity contribution in [2.24, 2.45) is 5.92 Å². The highest BCUT2D eigenvalue weighted by Gasteiger charge is 2.31. The fraction of sp³-hybridized carbons (Fsp3) is 0.857. The number of amides is 1. The van der Waals surface area contributed by atoms with Gasteiger partial charge in [-0.15, -0.1) is 0 Å². The summed E-state index contributed by atoms with van der Waals surface area (Å²) in [6, 6.07) is 0.473. The van der Waals surface area contributed by atoms with Crippen molar-refractivity contribution in [2.45, 2.75) is 31.7 Å². The van der Waals surface area contributed by atoms with Crippen LogP contribution in [-0.2, 0) is 9.59 Å². The van der Waals surface area contributed by atoms with Gasteiger partial charge in [0, 0.05) is 19.6 Å². The summed E-state index contributed by atoms with van der Waals surface area (Å²) in [5.41, 5.74) is 0. The first kappa shape index (κ1) is 15.3. The summed E-state index contributed by atoms with van der Waals surface area (Å²) in [5, 5.41) is 11.6. The number of carbonyl (C=O) groups excluding carboxylic acids is 1. The molecule has 2 N–H and O–H groups in total. The van der Waals surface area contributed by atoms with E-state index in [1.54, 1.807) is 0 Å². The smallest absolute Gasteiger partial charge is 0.317 e. The van der Waals surface area contributed by atoms with Crippen LogP contribution < -0.4 is 5.32 Å². The number of hydrogen-bond donors (Lipinski definition) is 2. The fourth-order valence-electron chi connectivity index (χ4n) is 2.81. The second-order valence-electron chi connectivity index (χ2n) is 6.00. The maximum atomic E-state index is 12.1. The SMILES string of the molecule is CN(C(=O)CN1CCCC(CNCC(=O)O)C1)C1CC1. The molecule has 1 saturated heterocycles. The first-order valence-corrected chi connectivity index (χ1v) is 7.47. The van der Waals surface area contributed by atoms with Gasteiger partial charge in [-0.05, 0) is 44.7 Å². The average Bonchev–Trinajstić information content (AvgIpc) is 3.22. The predicted octanol–water partition coefficient (Wildman–Crippen LogP) is -0.00660. The number of carboxylic acid groups (broad SMARTS) is 1. The van der Waals surface area contributed by atoms with E-state index in [-0.39, 0.29) is 12.5 Å². The van der Waals surface area contributed by atoms with Crippen molar-refractivity contribution in [1.82, 2.24) is 15.1 Å². The topological polar surface area (TPSA) is 72.9 Å². The molecule has 1 heterocycles. The van der Waals surface area contributed by atoms with Crippen LogP contribution in [0.15, 0.2) is 0 Å². The minimum Gasteiger partial charge on any atom is -0.480 e. The number of nitrogens with zero attached hydrogens (tertiary/aromatic N) is 2. The van der Waals surface area contributed by atoms with Gasteiger partial charge < -0.3 is 15.3 Å². The maximum Gasteiger partial charge on any atom is 0.317 e. The van der Waals surface area contributed by atoms with Crippen molar-refractivity contribution < 1.29 is 14.7 Å². The number of hydrogen-bond acceptors (Lipinski definition) is 4. The molecule has 0 aromatic heterocycles. The normalized spacial score (nSPS) is 23.6. The van der Waals surface area contributed by atoms with Gasteiger partial charge in [0.15, 0.2) is 0 Å². The van der Waals surface area contributed by atoms with Crippen LogP contribution in [0.3, 0.4) is 0 Å². The van der Waals surface area contributed by atoms with Crippen molar-refractivity contribution >= 4 is 11.9 Å². The Hall–Kier alpha value is -1.14. The Balaban J connectivity index is 1.69. The minimum absolute atomic E-state index is 0.0137. The van der Waals surface area contributed by atoms with Gasteiger partial charge >= 0.3 is 5.97 Å². The zero-order chi connectivity index (χ0) is 14.5. The largest absolute Gasteiger partial charge is 0.480 e. The van der Waals surface area contributed by atoms with Gasteiger partial charge in [0.25, 0.3) is 0 Å². The summed E-state index contributed by atoms with van der Waals surface area (Å²) < 4.78 is 0. The number of carbonyl (C=O) groups is 2. The third-order valence-electron chi connectivity index (χ3n) is 4.16. The highest BCUT2D eigenvalue weighted by atomic mass is 16.4. The van der Waals surface area contributed by atoms with E-state index in [1.165, 1.54) is 0 Å². The van der Waals surface area contributed by atoms with Crippen LogP contribution in [0.2, 0.25) is 0 Å². The summed E-state index contributed by atoms with van der Waals surface area (Å²) in [7, 11) is 1.90. The summed E-state index contributed by atoms with van der Waals surface area (Å²) in [5.74, 6) is -0.160. The van der Waals surface area contributed by atoms with Crippen molar-refractivity contribution in [3.05, 3.63) is 0 Å². The Bertz CT molecular complexity index is 358. The van der Waals surface area contributed by atoms with E-state index >= 15 is 0 Å². The van der Waals surface area contributed by atoms with Gasteiger partial charge in [-0.25, -0.2) is 0 Å². The molecule has 1 atom stereocenters. The Kier molecular flexibility index (Phi) is 5.37. The van der Waals surface area contributed by atoms with Crippen LogP contribution in [0.5, 0.6) is 0 Å². The van der Waals surface area contributed by atoms with Crippen molar-refractivity contribution in [1.29, 1.82) is 0 Å². The Morgan fingerprint density at radius 2 is 2.10 bits per heavy atom. The van der Waals surface area contributed by atoms with Gasteiger partial charge in [0.2, 0.25) is 5.91 Å². The maximum absolute atomic E-state index is 12.1. The lowest BCUT2D eigenvalue weighted by Crippen LogP contribution is -2.45. The van der Waals surface area contributed by atoms with E-state index in [9.17, 15) is 9.59 Å². The molecule has 1 aliphatic heterocycles. The van der Waals surface area contributed by atoms with E-state index in [0.717, 1.165) is 45.3 Å². The van der Waals surface area contributed by atoms with Gasteiger partial charge in [0.05, 0.1) is 13.1 Å². The van der Waals surface area contributed by atoms with Crippen molar-refractivity contribution in [3.63, 3.8) is 0 Å². The zero-order valence-corrected chi connectivity index (χ0v) is 12.2. The average molecular weight is 283 g/mol. The fourth-order valence-corrected chi connectivity index (χ4v) is 2.81. The van der Waals surface area contributed by atoms with E-state index in [1.807, 2.05) is 11.9 Å². The highest BCUT2D eigenvalue weighted by molar-refractivity contribution is 5.78. The van der Waals surface area contributed by atoms with Gasteiger partial charge in [-0.2, -0.15) is 0 Å². The lowest BCUT2D eigenvalue weighted by atomic mass is 9.98. The number of carboxylic acids is 1. The van der Waals surface area contributed by atoms with Crippen LogP contribution in [0, 0.1) is 5.92 Å². The van der Waals surface area contributed by atoms with Gasteiger partial charge in [-0.1, -0.05) is 0 Å². The van der Waals surface area contributed by atoms with Crippen molar-refractivity contribution in [2.75, 3.05) is 39.8 Å². The third-order valence-corrected chi connectivity index (χ3v) is 4.16. The first-order chi connectivity index (χ1) is 9.56. The molecule has 1 amide bonds. The number of nitrogens with one attached hydrogen (secondary N) is 1. The zero-order valence-electron chi connectivity index (χ0n) is 12.2. The monoisotopic (exact) mass is 283 g/mol. The molecule has 20 heavy (non-hydrogen) atoms. The molecule has 1 saturated carbocycles. The number of likely N-dealkylation sites (tertiary alicyclic amines) is 1. The number of piperidine rings is 1. The van der Waals surface area contributed by atoms with Crippen LogP contribution in [0.25, 0.3) is 0 Å². The van der Waals surface area contributed by atoms with E-state index in [2.05, 4.69) is 10.2 Å². The molecule has 0 bridgehead atoms. The van der Waals surface area contributed by atoms with Crippen LogP contribution in [0.4, 0.5) is 0 Å². The van der Waals surface area contributed by atoms with E-state index in [4.69, 9.17) is 5.11 Å². The second kappa shape index (κ2) is 7.04. The Morgan fingerprint density at radius 1 is 1.35 bits per heavy atom. The summed E-state index contributed by atoms with van der Waals surface area (Å²) in [6.45, 7) is 3.09. The van der Waals surface area contributed by atoms with Crippen LogP contribution in [0.1, 0.15) is 25.7 Å². The molecule has 6 nitrogen and oxygen atoms in total. The molecule has 0 radical (unpaired) electrons. The lowest BCUT2D eigenvalue weighted by Gasteiger charge is -2.33. The molecule has 2 aliphatic rings. The van der Waals surface area contributed by atoms with Crippen LogP contribution >= 0.6 is 0 Å². The van der Waals surface area contributed by atoms with Gasteiger partial charge in [-0.3, -0.25) is 14.5 Å². The molecule has 0 spiro atoms. The van der Waals surface area contributed by atoms with Crippen LogP contribution in [-0.4, -0.2) is 72.6 Å². The molecule has 2 fully saturated rings. The number of likely N-dealkylation sites (N-methyl/N-ethyl adjacent to an activating group) is 1. The molecule has 1 aliphatic carbocycles. The number of aliphatic carboxylic acids is 1. The van der Waals surface area contributed by atoms with Crippen molar-refractivity contribution in [3.8, 4) is 0 Å². The molecule has 1 unspecified atom stereocenters. The molecule has 0 aromatic carbocycles. The Morgan fingerprint density at radius 3 is 2.75 bits per heavy atom. The Labute approximate surface area is 120 Å². The molecule has 2 rings (SSSR count). The standard InChI is InChI=1S/C14H25N3O3/c1-16(12-4-5-12)13(18)10-17-6-2-3-11(9-17)7-15-8-14(19)20/h11-12,15H,2-10H2,1H3,(H,19,20). The predicted molar refractivity (Wildman–Crippen MR) is 75.5 cm³/mol. The molecular formula is C14H25N3O3. The number of rotatable bonds is 7. The molecule has 0 aromatic rings. The van der Waals surface area contributed by atoms with Gasteiger partial charge in [0.1, 0.15) is 0 Å².